The highest BCUT2D eigenvalue weighted by atomic mass is 32.2. The van der Waals surface area contributed by atoms with E-state index in [4.69, 9.17) is 4.74 Å². The molecule has 0 spiro atoms. The zero-order valence-corrected chi connectivity index (χ0v) is 18.0. The molecule has 1 atom stereocenters. The molecule has 0 saturated heterocycles. The Morgan fingerprint density at radius 1 is 1.29 bits per heavy atom. The number of benzene rings is 1. The number of methoxy groups -OCH3 is 1. The molecule has 2 rings (SSSR count). The molecule has 1 aliphatic carbocycles. The van der Waals surface area contributed by atoms with E-state index in [1.165, 1.54) is 37.0 Å². The van der Waals surface area contributed by atoms with Crippen LogP contribution in [-0.2, 0) is 19.4 Å². The number of ether oxygens (including phenoxy) is 1. The van der Waals surface area contributed by atoms with Crippen LogP contribution in [0.15, 0.2) is 71.2 Å². The molecule has 0 bridgehead atoms. The lowest BCUT2D eigenvalue weighted by Crippen LogP contribution is -2.45. The summed E-state index contributed by atoms with van der Waals surface area (Å²) in [6.07, 6.45) is 7.80. The number of rotatable bonds is 7. The molecule has 0 saturated carbocycles. The van der Waals surface area contributed by atoms with Crippen LogP contribution < -0.4 is 0 Å². The lowest BCUT2D eigenvalue weighted by Gasteiger charge is -2.34. The normalized spacial score (nSPS) is 19.3. The van der Waals surface area contributed by atoms with Crippen LogP contribution in [0.2, 0.25) is 0 Å². The number of carbonyl (C=O) groups is 1. The van der Waals surface area contributed by atoms with E-state index in [-0.39, 0.29) is 16.7 Å². The van der Waals surface area contributed by atoms with E-state index in [2.05, 4.69) is 27.4 Å². The molecule has 4 nitrogen and oxygen atoms in total. The van der Waals surface area contributed by atoms with Gasteiger partial charge in [0.05, 0.1) is 12.0 Å². The fraction of sp³-hybridized carbons (Fsp3) is 0.435. The van der Waals surface area contributed by atoms with Gasteiger partial charge in [0, 0.05) is 0 Å². The lowest BCUT2D eigenvalue weighted by atomic mass is 9.72. The Labute approximate surface area is 168 Å². The van der Waals surface area contributed by atoms with Crippen LogP contribution >= 0.6 is 0 Å². The van der Waals surface area contributed by atoms with Crippen LogP contribution in [0.4, 0.5) is 0 Å². The minimum absolute atomic E-state index is 0.0693. The molecule has 1 aliphatic rings. The first-order valence-electron chi connectivity index (χ1n) is 9.51. The van der Waals surface area contributed by atoms with E-state index in [0.717, 1.165) is 24.8 Å². The molecule has 1 unspecified atom stereocenters. The summed E-state index contributed by atoms with van der Waals surface area (Å²) in [6, 6.07) is 8.02. The zero-order chi connectivity index (χ0) is 21.0. The molecule has 0 amide bonds. The van der Waals surface area contributed by atoms with E-state index in [1.807, 2.05) is 6.08 Å². The fourth-order valence-corrected chi connectivity index (χ4v) is 5.78. The Morgan fingerprint density at radius 2 is 1.93 bits per heavy atom. The van der Waals surface area contributed by atoms with Crippen LogP contribution in [0.3, 0.4) is 0 Å². The number of hydrogen-bond donors (Lipinski definition) is 0. The van der Waals surface area contributed by atoms with Crippen molar-refractivity contribution in [3.8, 4) is 0 Å². The topological polar surface area (TPSA) is 60.4 Å². The lowest BCUT2D eigenvalue weighted by molar-refractivity contribution is -0.142. The molecule has 0 radical (unpaired) electrons. The second-order valence-corrected chi connectivity index (χ2v) is 10.2. The number of carbonyl (C=O) groups excluding carboxylic acids is 1. The fourth-order valence-electron chi connectivity index (χ4n) is 3.95. The SMILES string of the molecule is C=CCC(/C=C/C1=C(C)CCCC1(C)C)(C(=O)OC)S(=O)(=O)c1ccccc1. The molecule has 0 heterocycles. The number of allylic oxidation sites excluding steroid dienone is 4. The Bertz CT molecular complexity index is 892. The minimum atomic E-state index is -4.05. The van der Waals surface area contributed by atoms with Gasteiger partial charge in [0.1, 0.15) is 0 Å². The predicted molar refractivity (Wildman–Crippen MR) is 113 cm³/mol. The first kappa shape index (κ1) is 22.2. The number of hydrogen-bond acceptors (Lipinski definition) is 4. The standard InChI is InChI=1S/C23H30O4S/c1-6-15-23(21(24)27-5,28(25,26)19-12-8-7-9-13-19)17-14-20-18(2)11-10-16-22(20,3)4/h6-9,12-14,17H,1,10-11,15-16H2,2-5H3/b17-14+. The summed E-state index contributed by atoms with van der Waals surface area (Å²) in [5.41, 5.74) is 2.23. The maximum Gasteiger partial charge on any atom is 0.331 e. The molecule has 0 aliphatic heterocycles. The van der Waals surface area contributed by atoms with E-state index in [0.29, 0.717) is 0 Å². The van der Waals surface area contributed by atoms with Crippen molar-refractivity contribution in [1.82, 2.24) is 0 Å². The predicted octanol–water partition coefficient (Wildman–Crippen LogP) is 5.03. The van der Waals surface area contributed by atoms with Gasteiger partial charge in [-0.05, 0) is 55.7 Å². The molecule has 0 fully saturated rings. The van der Waals surface area contributed by atoms with Gasteiger partial charge < -0.3 is 4.74 Å². The van der Waals surface area contributed by atoms with Gasteiger partial charge in [0.2, 0.25) is 0 Å². The molecule has 1 aromatic rings. The third-order valence-corrected chi connectivity index (χ3v) is 7.89. The molecule has 0 N–H and O–H groups in total. The minimum Gasteiger partial charge on any atom is -0.468 e. The van der Waals surface area contributed by atoms with E-state index in [9.17, 15) is 13.2 Å². The molecular formula is C23H30O4S. The summed E-state index contributed by atoms with van der Waals surface area (Å²) in [6.45, 7) is 10.1. The average Bonchev–Trinajstić information content (AvgIpc) is 2.66. The Balaban J connectivity index is 2.69. The maximum atomic E-state index is 13.5. The summed E-state index contributed by atoms with van der Waals surface area (Å²) >= 11 is 0. The summed E-state index contributed by atoms with van der Waals surface area (Å²) in [5.74, 6) is -0.806. The van der Waals surface area contributed by atoms with E-state index >= 15 is 0 Å². The second-order valence-electron chi connectivity index (χ2n) is 7.96. The molecule has 28 heavy (non-hydrogen) atoms. The first-order chi connectivity index (χ1) is 13.1. The molecule has 5 heteroatoms. The van der Waals surface area contributed by atoms with Crippen molar-refractivity contribution >= 4 is 15.8 Å². The highest BCUT2D eigenvalue weighted by Crippen LogP contribution is 2.42. The van der Waals surface area contributed by atoms with Gasteiger partial charge >= 0.3 is 5.97 Å². The van der Waals surface area contributed by atoms with Crippen molar-refractivity contribution in [1.29, 1.82) is 0 Å². The van der Waals surface area contributed by atoms with Gasteiger partial charge in [0.25, 0.3) is 0 Å². The van der Waals surface area contributed by atoms with Crippen molar-refractivity contribution in [2.45, 2.75) is 56.1 Å². The van der Waals surface area contributed by atoms with Crippen LogP contribution in [0.5, 0.6) is 0 Å². The number of esters is 1. The highest BCUT2D eigenvalue weighted by Gasteiger charge is 2.50. The van der Waals surface area contributed by atoms with Crippen molar-refractivity contribution in [3.05, 3.63) is 66.3 Å². The Kier molecular flexibility index (Phi) is 6.71. The quantitative estimate of drug-likeness (QED) is 0.474. The van der Waals surface area contributed by atoms with Crippen LogP contribution in [0.25, 0.3) is 0 Å². The van der Waals surface area contributed by atoms with Gasteiger partial charge in [-0.2, -0.15) is 0 Å². The Hall–Kier alpha value is -2.14. The second kappa shape index (κ2) is 8.48. The van der Waals surface area contributed by atoms with Crippen molar-refractivity contribution < 1.29 is 17.9 Å². The molecular weight excluding hydrogens is 372 g/mol. The first-order valence-corrected chi connectivity index (χ1v) is 11.0. The van der Waals surface area contributed by atoms with Crippen LogP contribution in [0, 0.1) is 5.41 Å². The highest BCUT2D eigenvalue weighted by molar-refractivity contribution is 7.93. The van der Waals surface area contributed by atoms with Gasteiger partial charge in [-0.15, -0.1) is 6.58 Å². The molecule has 1 aromatic carbocycles. The van der Waals surface area contributed by atoms with Gasteiger partial charge in [0.15, 0.2) is 14.6 Å². The summed E-state index contributed by atoms with van der Waals surface area (Å²) in [4.78, 5) is 12.9. The smallest absolute Gasteiger partial charge is 0.331 e. The van der Waals surface area contributed by atoms with E-state index < -0.39 is 20.6 Å². The summed E-state index contributed by atoms with van der Waals surface area (Å²) in [5, 5.41) is 0. The van der Waals surface area contributed by atoms with Gasteiger partial charge in [-0.3, -0.25) is 0 Å². The van der Waals surface area contributed by atoms with Crippen molar-refractivity contribution in [3.63, 3.8) is 0 Å². The van der Waals surface area contributed by atoms with E-state index in [1.54, 1.807) is 18.2 Å². The zero-order valence-electron chi connectivity index (χ0n) is 17.2. The summed E-state index contributed by atoms with van der Waals surface area (Å²) in [7, 11) is -2.84. The van der Waals surface area contributed by atoms with Crippen LogP contribution in [0.1, 0.15) is 46.5 Å². The third-order valence-electron chi connectivity index (χ3n) is 5.57. The summed E-state index contributed by atoms with van der Waals surface area (Å²) < 4.78 is 30.2. The van der Waals surface area contributed by atoms with Crippen molar-refractivity contribution in [2.24, 2.45) is 5.41 Å². The third kappa shape index (κ3) is 4.00. The largest absolute Gasteiger partial charge is 0.468 e. The molecule has 152 valence electrons. The van der Waals surface area contributed by atoms with Crippen molar-refractivity contribution in [2.75, 3.05) is 7.11 Å². The van der Waals surface area contributed by atoms with Gasteiger partial charge in [-0.1, -0.05) is 55.8 Å². The van der Waals surface area contributed by atoms with Crippen LogP contribution in [-0.4, -0.2) is 26.2 Å². The monoisotopic (exact) mass is 402 g/mol. The Morgan fingerprint density at radius 3 is 2.46 bits per heavy atom. The van der Waals surface area contributed by atoms with Gasteiger partial charge in [-0.25, -0.2) is 13.2 Å². The maximum absolute atomic E-state index is 13.5. The number of sulfone groups is 1. The average molecular weight is 403 g/mol. The molecule has 0 aromatic heterocycles.